The second-order valence-corrected chi connectivity index (χ2v) is 10.1. The number of alkyl halides is 1. The lowest BCUT2D eigenvalue weighted by atomic mass is 9.83. The van der Waals surface area contributed by atoms with Gasteiger partial charge >= 0.3 is 0 Å². The highest BCUT2D eigenvalue weighted by atomic mass is 35.5. The summed E-state index contributed by atoms with van der Waals surface area (Å²) in [4.78, 5) is 8.88. The lowest BCUT2D eigenvalue weighted by Gasteiger charge is -2.25. The van der Waals surface area contributed by atoms with Gasteiger partial charge in [-0.1, -0.05) is 58.8 Å². The van der Waals surface area contributed by atoms with Crippen LogP contribution < -0.4 is 9.47 Å². The highest BCUT2D eigenvalue weighted by Gasteiger charge is 2.28. The van der Waals surface area contributed by atoms with Crippen molar-refractivity contribution >= 4 is 11.6 Å². The van der Waals surface area contributed by atoms with Crippen LogP contribution in [0, 0.1) is 11.6 Å². The number of ether oxygens (including phenoxy) is 2. The van der Waals surface area contributed by atoms with Crippen molar-refractivity contribution in [2.75, 3.05) is 13.2 Å². The average molecular weight is 509 g/mol. The molecule has 1 heterocycles. The Morgan fingerprint density at radius 1 is 0.971 bits per heavy atom. The van der Waals surface area contributed by atoms with Crippen molar-refractivity contribution in [3.8, 4) is 11.5 Å². The Hall–Kier alpha value is -1.95. The van der Waals surface area contributed by atoms with Gasteiger partial charge in [0.15, 0.2) is 17.3 Å². The van der Waals surface area contributed by atoms with Gasteiger partial charge in [-0.3, -0.25) is 0 Å². The number of hydrogen-bond donors (Lipinski definition) is 0. The molecular weight excluding hydrogens is 470 g/mol. The fourth-order valence-corrected chi connectivity index (χ4v) is 4.73. The summed E-state index contributed by atoms with van der Waals surface area (Å²) in [6, 6.07) is 1.68. The third kappa shape index (κ3) is 8.30. The Kier molecular flexibility index (Phi) is 11.5. The molecule has 0 saturated heterocycles. The second-order valence-electron chi connectivity index (χ2n) is 9.52. The standard InChI is InChI=1S/C28H39ClF2N2O2/c1-3-5-7-8-9-10-14-34-25-16-20-12-13-21(15-24(20)26(30)27(25)31)28-32-17-23(18-33-28)35-19-22(29)11-6-4-2/h16-18,21-22H,3-15,19H2,1-2H3. The van der Waals surface area contributed by atoms with Gasteiger partial charge in [0.05, 0.1) is 24.4 Å². The van der Waals surface area contributed by atoms with E-state index in [1.165, 1.54) is 19.3 Å². The van der Waals surface area contributed by atoms with E-state index in [4.69, 9.17) is 21.1 Å². The van der Waals surface area contributed by atoms with Crippen LogP contribution in [0.2, 0.25) is 0 Å². The van der Waals surface area contributed by atoms with Crippen LogP contribution >= 0.6 is 11.6 Å². The molecule has 1 aromatic carbocycles. The third-order valence-electron chi connectivity index (χ3n) is 6.65. The number of halogens is 3. The fourth-order valence-electron chi connectivity index (χ4n) is 4.51. The second kappa shape index (κ2) is 14.6. The summed E-state index contributed by atoms with van der Waals surface area (Å²) in [5, 5.41) is -0.0398. The van der Waals surface area contributed by atoms with Crippen molar-refractivity contribution < 1.29 is 18.3 Å². The van der Waals surface area contributed by atoms with E-state index in [0.29, 0.717) is 43.2 Å². The van der Waals surface area contributed by atoms with Crippen molar-refractivity contribution in [2.45, 2.75) is 102 Å². The molecule has 194 valence electrons. The van der Waals surface area contributed by atoms with Gasteiger partial charge < -0.3 is 9.47 Å². The molecular formula is C28H39ClF2N2O2. The van der Waals surface area contributed by atoms with Crippen LogP contribution in [-0.4, -0.2) is 28.6 Å². The molecule has 2 atom stereocenters. The van der Waals surface area contributed by atoms with E-state index in [2.05, 4.69) is 23.8 Å². The van der Waals surface area contributed by atoms with Crippen molar-refractivity contribution in [2.24, 2.45) is 0 Å². The van der Waals surface area contributed by atoms with E-state index >= 15 is 0 Å². The topological polar surface area (TPSA) is 44.2 Å². The van der Waals surface area contributed by atoms with Gasteiger partial charge in [-0.25, -0.2) is 14.4 Å². The van der Waals surface area contributed by atoms with E-state index in [-0.39, 0.29) is 17.0 Å². The Labute approximate surface area is 213 Å². The summed E-state index contributed by atoms with van der Waals surface area (Å²) >= 11 is 6.27. The third-order valence-corrected chi connectivity index (χ3v) is 6.99. The molecule has 1 aliphatic carbocycles. The highest BCUT2D eigenvalue weighted by molar-refractivity contribution is 6.20. The Morgan fingerprint density at radius 3 is 2.43 bits per heavy atom. The monoisotopic (exact) mass is 508 g/mol. The maximum Gasteiger partial charge on any atom is 0.200 e. The molecule has 2 unspecified atom stereocenters. The van der Waals surface area contributed by atoms with Gasteiger partial charge in [-0.2, -0.15) is 4.39 Å². The Bertz CT molecular complexity index is 911. The Morgan fingerprint density at radius 2 is 1.69 bits per heavy atom. The summed E-state index contributed by atoms with van der Waals surface area (Å²) in [5.41, 5.74) is 1.23. The molecule has 0 spiro atoms. The number of aromatic nitrogens is 2. The first-order chi connectivity index (χ1) is 17.0. The first-order valence-electron chi connectivity index (χ1n) is 13.2. The quantitative estimate of drug-likeness (QED) is 0.181. The molecule has 0 saturated carbocycles. The molecule has 0 N–H and O–H groups in total. The summed E-state index contributed by atoms with van der Waals surface area (Å²) in [6.07, 6.45) is 14.8. The van der Waals surface area contributed by atoms with E-state index in [1.54, 1.807) is 18.5 Å². The lowest BCUT2D eigenvalue weighted by Crippen LogP contribution is -2.18. The van der Waals surface area contributed by atoms with Crippen LogP contribution in [0.5, 0.6) is 11.5 Å². The lowest BCUT2D eigenvalue weighted by molar-refractivity contribution is 0.283. The zero-order chi connectivity index (χ0) is 25.0. The van der Waals surface area contributed by atoms with Gasteiger partial charge in [-0.05, 0) is 49.3 Å². The minimum Gasteiger partial charge on any atom is -0.490 e. The van der Waals surface area contributed by atoms with E-state index < -0.39 is 11.6 Å². The largest absolute Gasteiger partial charge is 0.490 e. The molecule has 0 amide bonds. The van der Waals surface area contributed by atoms with E-state index in [9.17, 15) is 8.78 Å². The smallest absolute Gasteiger partial charge is 0.200 e. The number of fused-ring (bicyclic) bond motifs is 1. The normalized spacial score (nSPS) is 16.1. The average Bonchev–Trinajstić information content (AvgIpc) is 2.88. The zero-order valence-corrected chi connectivity index (χ0v) is 21.9. The maximum absolute atomic E-state index is 14.9. The number of benzene rings is 1. The molecule has 0 fully saturated rings. The van der Waals surface area contributed by atoms with Crippen LogP contribution in [0.25, 0.3) is 0 Å². The first kappa shape index (κ1) is 27.6. The van der Waals surface area contributed by atoms with Crippen molar-refractivity contribution in [1.82, 2.24) is 9.97 Å². The number of nitrogens with zero attached hydrogens (tertiary/aromatic N) is 2. The molecule has 4 nitrogen and oxygen atoms in total. The maximum atomic E-state index is 14.9. The van der Waals surface area contributed by atoms with Crippen LogP contribution in [0.1, 0.15) is 101 Å². The molecule has 2 aromatic rings. The van der Waals surface area contributed by atoms with Gasteiger partial charge in [0.1, 0.15) is 12.4 Å². The first-order valence-corrected chi connectivity index (χ1v) is 13.7. The van der Waals surface area contributed by atoms with Crippen LogP contribution in [-0.2, 0) is 12.8 Å². The summed E-state index contributed by atoms with van der Waals surface area (Å²) in [5.74, 6) is -0.534. The molecule has 35 heavy (non-hydrogen) atoms. The van der Waals surface area contributed by atoms with Crippen molar-refractivity contribution in [1.29, 1.82) is 0 Å². The molecule has 3 rings (SSSR count). The SMILES string of the molecule is CCCCCCCCOc1cc2c(c(F)c1F)CC(c1ncc(OCC(Cl)CCCC)cn1)CC2. The van der Waals surface area contributed by atoms with Crippen LogP contribution in [0.4, 0.5) is 8.78 Å². The zero-order valence-electron chi connectivity index (χ0n) is 21.1. The molecule has 0 bridgehead atoms. The van der Waals surface area contributed by atoms with Crippen molar-refractivity contribution in [3.05, 3.63) is 47.0 Å². The van der Waals surface area contributed by atoms with Crippen LogP contribution in [0.3, 0.4) is 0 Å². The number of aryl methyl sites for hydroxylation is 1. The van der Waals surface area contributed by atoms with Gasteiger partial charge in [0, 0.05) is 5.92 Å². The summed E-state index contributed by atoms with van der Waals surface area (Å²) in [7, 11) is 0. The van der Waals surface area contributed by atoms with Gasteiger partial charge in [0.25, 0.3) is 0 Å². The molecule has 1 aliphatic rings. The molecule has 0 radical (unpaired) electrons. The number of unbranched alkanes of at least 4 members (excludes halogenated alkanes) is 6. The molecule has 1 aromatic heterocycles. The van der Waals surface area contributed by atoms with Gasteiger partial charge in [-0.15, -0.1) is 11.6 Å². The number of hydrogen-bond acceptors (Lipinski definition) is 4. The Balaban J connectivity index is 1.54. The van der Waals surface area contributed by atoms with Gasteiger partial charge in [0.2, 0.25) is 5.82 Å². The van der Waals surface area contributed by atoms with E-state index in [0.717, 1.165) is 50.5 Å². The fraction of sp³-hybridized carbons (Fsp3) is 0.643. The van der Waals surface area contributed by atoms with Crippen molar-refractivity contribution in [3.63, 3.8) is 0 Å². The minimum atomic E-state index is -0.890. The molecule has 0 aliphatic heterocycles. The van der Waals surface area contributed by atoms with Crippen LogP contribution in [0.15, 0.2) is 18.5 Å². The summed E-state index contributed by atoms with van der Waals surface area (Å²) in [6.45, 7) is 5.14. The summed E-state index contributed by atoms with van der Waals surface area (Å²) < 4.78 is 41.0. The molecule has 7 heteroatoms. The predicted molar refractivity (Wildman–Crippen MR) is 137 cm³/mol. The minimum absolute atomic E-state index is 0.0301. The number of rotatable bonds is 15. The highest BCUT2D eigenvalue weighted by Crippen LogP contribution is 2.36. The van der Waals surface area contributed by atoms with E-state index in [1.807, 2.05) is 0 Å². The predicted octanol–water partition coefficient (Wildman–Crippen LogP) is 7.94.